The minimum Gasteiger partial charge on any atom is -0.327 e. The molecule has 2 rings (SSSR count). The fourth-order valence-electron chi connectivity index (χ4n) is 3.33. The van der Waals surface area contributed by atoms with Crippen molar-refractivity contribution in [2.24, 2.45) is 11.7 Å². The Bertz CT molecular complexity index is 388. The minimum absolute atomic E-state index is 0.0945. The Morgan fingerprint density at radius 3 is 2.11 bits per heavy atom. The maximum absolute atomic E-state index is 13.1. The Balaban J connectivity index is 2.14. The summed E-state index contributed by atoms with van der Waals surface area (Å²) in [6, 6.07) is 6.99. The molecule has 1 aromatic rings. The molecule has 0 bridgehead atoms. The maximum atomic E-state index is 13.1. The third-order valence-corrected chi connectivity index (χ3v) is 4.83. The van der Waals surface area contributed by atoms with Crippen molar-refractivity contribution >= 4 is 0 Å². The van der Waals surface area contributed by atoms with Gasteiger partial charge in [0.25, 0.3) is 0 Å². The van der Waals surface area contributed by atoms with Gasteiger partial charge < -0.3 is 5.73 Å². The number of nitrogens with two attached hydrogens (primary N) is 1. The van der Waals surface area contributed by atoms with Crippen LogP contribution < -0.4 is 5.73 Å². The van der Waals surface area contributed by atoms with Crippen LogP contribution in [-0.2, 0) is 5.41 Å². The summed E-state index contributed by atoms with van der Waals surface area (Å²) in [5, 5.41) is 0. The Labute approximate surface area is 116 Å². The first kappa shape index (κ1) is 14.5. The van der Waals surface area contributed by atoms with E-state index in [2.05, 4.69) is 13.8 Å². The number of hydrogen-bond acceptors (Lipinski definition) is 1. The van der Waals surface area contributed by atoms with E-state index >= 15 is 0 Å². The van der Waals surface area contributed by atoms with Crippen LogP contribution >= 0.6 is 0 Å². The second-order valence-electron chi connectivity index (χ2n) is 6.51. The maximum Gasteiger partial charge on any atom is 0.123 e. The Kier molecular flexibility index (Phi) is 4.62. The Morgan fingerprint density at radius 1 is 1.05 bits per heavy atom. The lowest BCUT2D eigenvalue weighted by Crippen LogP contribution is -2.46. The molecule has 0 saturated heterocycles. The van der Waals surface area contributed by atoms with Gasteiger partial charge in [-0.25, -0.2) is 4.39 Å². The van der Waals surface area contributed by atoms with E-state index < -0.39 is 0 Å². The van der Waals surface area contributed by atoms with Crippen LogP contribution in [0.25, 0.3) is 0 Å². The highest BCUT2D eigenvalue weighted by atomic mass is 19.1. The predicted octanol–water partition coefficient (Wildman–Crippen LogP) is 4.40. The van der Waals surface area contributed by atoms with Crippen LogP contribution in [0.4, 0.5) is 4.39 Å². The van der Waals surface area contributed by atoms with E-state index in [4.69, 9.17) is 5.73 Å². The molecule has 0 aromatic heterocycles. The number of halogens is 1. The van der Waals surface area contributed by atoms with E-state index in [1.54, 1.807) is 0 Å². The molecule has 0 heterocycles. The van der Waals surface area contributed by atoms with Crippen molar-refractivity contribution in [2.75, 3.05) is 0 Å². The summed E-state index contributed by atoms with van der Waals surface area (Å²) >= 11 is 0. The van der Waals surface area contributed by atoms with Gasteiger partial charge in [0, 0.05) is 11.5 Å². The zero-order chi connectivity index (χ0) is 13.9. The van der Waals surface area contributed by atoms with E-state index in [-0.39, 0.29) is 17.3 Å². The molecule has 1 saturated carbocycles. The van der Waals surface area contributed by atoms with Gasteiger partial charge in [-0.2, -0.15) is 0 Å². The van der Waals surface area contributed by atoms with E-state index in [9.17, 15) is 4.39 Å². The van der Waals surface area contributed by atoms with Crippen LogP contribution in [0.2, 0.25) is 0 Å². The van der Waals surface area contributed by atoms with E-state index in [1.165, 1.54) is 50.7 Å². The van der Waals surface area contributed by atoms with E-state index in [1.807, 2.05) is 12.1 Å². The number of benzene rings is 1. The van der Waals surface area contributed by atoms with Crippen LogP contribution in [0.5, 0.6) is 0 Å². The molecule has 2 N–H and O–H groups in total. The van der Waals surface area contributed by atoms with Crippen molar-refractivity contribution in [1.29, 1.82) is 0 Å². The van der Waals surface area contributed by atoms with E-state index in [0.29, 0.717) is 5.92 Å². The molecule has 1 aliphatic carbocycles. The fourth-order valence-corrected chi connectivity index (χ4v) is 3.33. The average molecular weight is 263 g/mol. The predicted molar refractivity (Wildman–Crippen MR) is 78.6 cm³/mol. The Hall–Kier alpha value is -0.890. The highest BCUT2D eigenvalue weighted by molar-refractivity contribution is 5.26. The second-order valence-corrected chi connectivity index (χ2v) is 6.51. The monoisotopic (exact) mass is 263 g/mol. The minimum atomic E-state index is -0.178. The van der Waals surface area contributed by atoms with E-state index in [0.717, 1.165) is 5.56 Å². The van der Waals surface area contributed by atoms with Crippen LogP contribution in [0.1, 0.15) is 57.9 Å². The van der Waals surface area contributed by atoms with Gasteiger partial charge in [0.1, 0.15) is 5.82 Å². The highest BCUT2D eigenvalue weighted by Gasteiger charge is 2.34. The lowest BCUT2D eigenvalue weighted by atomic mass is 9.71. The molecule has 0 aliphatic heterocycles. The topological polar surface area (TPSA) is 26.0 Å². The standard InChI is InChI=1S/C17H26FN/c1-17(2,14-9-11-15(18)12-10-14)16(19)13-7-5-3-4-6-8-13/h9-13,16H,3-8,19H2,1-2H3. The van der Waals surface area contributed by atoms with Gasteiger partial charge in [0.2, 0.25) is 0 Å². The first-order valence-corrected chi connectivity index (χ1v) is 7.53. The molecule has 0 spiro atoms. The molecule has 1 atom stereocenters. The van der Waals surface area contributed by atoms with Crippen LogP contribution in [0, 0.1) is 11.7 Å². The quantitative estimate of drug-likeness (QED) is 0.804. The van der Waals surface area contributed by atoms with Crippen molar-refractivity contribution in [2.45, 2.75) is 63.8 Å². The third-order valence-electron chi connectivity index (χ3n) is 4.83. The van der Waals surface area contributed by atoms with Crippen molar-refractivity contribution in [3.63, 3.8) is 0 Å². The third kappa shape index (κ3) is 3.36. The molecule has 1 aromatic carbocycles. The smallest absolute Gasteiger partial charge is 0.123 e. The van der Waals surface area contributed by atoms with Crippen molar-refractivity contribution in [1.82, 2.24) is 0 Å². The summed E-state index contributed by atoms with van der Waals surface area (Å²) in [4.78, 5) is 0. The molecule has 19 heavy (non-hydrogen) atoms. The second kappa shape index (κ2) is 6.04. The highest BCUT2D eigenvalue weighted by Crippen LogP contribution is 2.35. The van der Waals surface area contributed by atoms with Gasteiger partial charge in [0.15, 0.2) is 0 Å². The lowest BCUT2D eigenvalue weighted by Gasteiger charge is -2.37. The molecule has 1 aliphatic rings. The summed E-state index contributed by atoms with van der Waals surface area (Å²) < 4.78 is 13.1. The fraction of sp³-hybridized carbons (Fsp3) is 0.647. The first-order chi connectivity index (χ1) is 9.01. The van der Waals surface area contributed by atoms with Crippen LogP contribution in [0.3, 0.4) is 0 Å². The molecule has 1 fully saturated rings. The van der Waals surface area contributed by atoms with Crippen molar-refractivity contribution < 1.29 is 4.39 Å². The molecule has 2 heteroatoms. The summed E-state index contributed by atoms with van der Waals surface area (Å²) in [7, 11) is 0. The van der Waals surface area contributed by atoms with Crippen molar-refractivity contribution in [3.05, 3.63) is 35.6 Å². The molecule has 0 radical (unpaired) electrons. The van der Waals surface area contributed by atoms with Gasteiger partial charge in [-0.05, 0) is 36.5 Å². The molecule has 106 valence electrons. The Morgan fingerprint density at radius 2 is 1.58 bits per heavy atom. The van der Waals surface area contributed by atoms with Gasteiger partial charge in [-0.1, -0.05) is 51.7 Å². The average Bonchev–Trinajstić information content (AvgIpc) is 2.67. The SMILES string of the molecule is CC(C)(c1ccc(F)cc1)C(N)C1CCCCCC1. The molecule has 0 amide bonds. The number of hydrogen-bond donors (Lipinski definition) is 1. The van der Waals surface area contributed by atoms with Gasteiger partial charge in [-0.3, -0.25) is 0 Å². The largest absolute Gasteiger partial charge is 0.327 e. The summed E-state index contributed by atoms with van der Waals surface area (Å²) in [5.41, 5.74) is 7.62. The van der Waals surface area contributed by atoms with Crippen molar-refractivity contribution in [3.8, 4) is 0 Å². The lowest BCUT2D eigenvalue weighted by molar-refractivity contribution is 0.271. The van der Waals surface area contributed by atoms with Gasteiger partial charge >= 0.3 is 0 Å². The first-order valence-electron chi connectivity index (χ1n) is 7.53. The zero-order valence-corrected chi connectivity index (χ0v) is 12.2. The number of rotatable bonds is 3. The molecular weight excluding hydrogens is 237 g/mol. The summed E-state index contributed by atoms with van der Waals surface area (Å²) in [6.45, 7) is 4.38. The zero-order valence-electron chi connectivity index (χ0n) is 12.2. The molecular formula is C17H26FN. The van der Waals surface area contributed by atoms with Gasteiger partial charge in [-0.15, -0.1) is 0 Å². The molecule has 1 nitrogen and oxygen atoms in total. The van der Waals surface area contributed by atoms with Gasteiger partial charge in [0.05, 0.1) is 0 Å². The summed E-state index contributed by atoms with van der Waals surface area (Å²) in [6.07, 6.45) is 7.79. The van der Waals surface area contributed by atoms with Crippen LogP contribution in [0.15, 0.2) is 24.3 Å². The van der Waals surface area contributed by atoms with Crippen LogP contribution in [-0.4, -0.2) is 6.04 Å². The molecule has 1 unspecified atom stereocenters. The normalized spacial score (nSPS) is 20.0. The summed E-state index contributed by atoms with van der Waals surface area (Å²) in [5.74, 6) is 0.421.